The van der Waals surface area contributed by atoms with Crippen LogP contribution in [0.25, 0.3) is 0 Å². The molecule has 0 radical (unpaired) electrons. The molecule has 0 heterocycles. The van der Waals surface area contributed by atoms with Crippen LogP contribution in [0.3, 0.4) is 0 Å². The van der Waals surface area contributed by atoms with Crippen LogP contribution < -0.4 is 4.74 Å². The number of methoxy groups -OCH3 is 1. The van der Waals surface area contributed by atoms with Gasteiger partial charge in [0, 0.05) is 16.7 Å². The van der Waals surface area contributed by atoms with Gasteiger partial charge in [-0.1, -0.05) is 29.8 Å². The fraction of sp³-hybridized carbons (Fsp3) is 0.200. The third-order valence-electron chi connectivity index (χ3n) is 2.91. The molecule has 0 bridgehead atoms. The van der Waals surface area contributed by atoms with Crippen molar-refractivity contribution >= 4 is 23.2 Å². The maximum absolute atomic E-state index is 14.0. The van der Waals surface area contributed by atoms with Gasteiger partial charge in [-0.3, -0.25) is 0 Å². The Morgan fingerprint density at radius 3 is 2.37 bits per heavy atom. The predicted molar refractivity (Wildman–Crippen MR) is 76.8 cm³/mol. The van der Waals surface area contributed by atoms with E-state index in [0.717, 1.165) is 5.56 Å². The zero-order chi connectivity index (χ0) is 14.0. The highest BCUT2D eigenvalue weighted by Gasteiger charge is 2.18. The van der Waals surface area contributed by atoms with E-state index in [9.17, 15) is 4.39 Å². The van der Waals surface area contributed by atoms with Crippen molar-refractivity contribution in [3.05, 3.63) is 63.9 Å². The molecule has 2 aromatic rings. The van der Waals surface area contributed by atoms with Crippen molar-refractivity contribution in [2.45, 2.75) is 12.3 Å². The number of aryl methyl sites for hydroxylation is 1. The van der Waals surface area contributed by atoms with Gasteiger partial charge in [0.2, 0.25) is 0 Å². The molecular formula is C15H13Cl2FO. The van der Waals surface area contributed by atoms with E-state index in [1.807, 2.05) is 25.1 Å². The number of rotatable bonds is 3. The fourth-order valence-corrected chi connectivity index (χ4v) is 2.61. The predicted octanol–water partition coefficient (Wildman–Crippen LogP) is 5.12. The molecule has 0 aliphatic rings. The quantitative estimate of drug-likeness (QED) is 0.714. The van der Waals surface area contributed by atoms with Crippen molar-refractivity contribution in [1.29, 1.82) is 0 Å². The summed E-state index contributed by atoms with van der Waals surface area (Å²) in [6.07, 6.45) is 0. The minimum absolute atomic E-state index is 0.383. The Morgan fingerprint density at radius 1 is 1.11 bits per heavy atom. The van der Waals surface area contributed by atoms with Crippen LogP contribution in [0.15, 0.2) is 36.4 Å². The minimum atomic E-state index is -0.626. The summed E-state index contributed by atoms with van der Waals surface area (Å²) in [5.41, 5.74) is 2.11. The van der Waals surface area contributed by atoms with Crippen molar-refractivity contribution in [1.82, 2.24) is 0 Å². The Hall–Kier alpha value is -1.25. The van der Waals surface area contributed by atoms with Crippen LogP contribution in [0.5, 0.6) is 5.75 Å². The molecule has 0 saturated heterocycles. The van der Waals surface area contributed by atoms with E-state index < -0.39 is 11.2 Å². The van der Waals surface area contributed by atoms with Gasteiger partial charge >= 0.3 is 0 Å². The van der Waals surface area contributed by atoms with Gasteiger partial charge in [-0.2, -0.15) is 0 Å². The first-order valence-electron chi connectivity index (χ1n) is 5.76. The SMILES string of the molecule is COc1ccc(C(Cl)c2ccc(C)cc2Cl)c(F)c1. The Kier molecular flexibility index (Phi) is 4.33. The third kappa shape index (κ3) is 3.02. The first-order valence-corrected chi connectivity index (χ1v) is 6.58. The van der Waals surface area contributed by atoms with E-state index in [1.165, 1.54) is 13.2 Å². The second kappa shape index (κ2) is 5.81. The first-order chi connectivity index (χ1) is 9.02. The Bertz CT molecular complexity index is 599. The maximum Gasteiger partial charge on any atom is 0.131 e. The minimum Gasteiger partial charge on any atom is -0.497 e. The van der Waals surface area contributed by atoms with Gasteiger partial charge in [0.05, 0.1) is 12.5 Å². The van der Waals surface area contributed by atoms with E-state index >= 15 is 0 Å². The third-order valence-corrected chi connectivity index (χ3v) is 3.71. The second-order valence-electron chi connectivity index (χ2n) is 4.27. The van der Waals surface area contributed by atoms with Gasteiger partial charge in [-0.25, -0.2) is 4.39 Å². The standard InChI is InChI=1S/C15H13Cl2FO/c1-9-3-5-11(13(16)7-9)15(17)12-6-4-10(19-2)8-14(12)18/h3-8,15H,1-2H3. The van der Waals surface area contributed by atoms with Crippen LogP contribution in [0.4, 0.5) is 4.39 Å². The summed E-state index contributed by atoms with van der Waals surface area (Å²) >= 11 is 12.5. The van der Waals surface area contributed by atoms with Crippen LogP contribution in [-0.2, 0) is 0 Å². The lowest BCUT2D eigenvalue weighted by molar-refractivity contribution is 0.411. The molecule has 0 N–H and O–H groups in total. The summed E-state index contributed by atoms with van der Waals surface area (Å²) in [6.45, 7) is 1.94. The lowest BCUT2D eigenvalue weighted by Gasteiger charge is -2.14. The van der Waals surface area contributed by atoms with Gasteiger partial charge in [0.25, 0.3) is 0 Å². The van der Waals surface area contributed by atoms with Crippen molar-refractivity contribution in [3.8, 4) is 5.75 Å². The second-order valence-corrected chi connectivity index (χ2v) is 5.12. The van der Waals surface area contributed by atoms with Gasteiger partial charge in [-0.05, 0) is 30.2 Å². The fourth-order valence-electron chi connectivity index (χ4n) is 1.85. The van der Waals surface area contributed by atoms with Gasteiger partial charge in [-0.15, -0.1) is 11.6 Å². The highest BCUT2D eigenvalue weighted by Crippen LogP contribution is 2.36. The lowest BCUT2D eigenvalue weighted by Crippen LogP contribution is -1.99. The molecule has 1 unspecified atom stereocenters. The van der Waals surface area contributed by atoms with Crippen molar-refractivity contribution in [2.24, 2.45) is 0 Å². The molecule has 4 heteroatoms. The molecule has 2 aromatic carbocycles. The highest BCUT2D eigenvalue weighted by atomic mass is 35.5. The van der Waals surface area contributed by atoms with Crippen molar-refractivity contribution < 1.29 is 9.13 Å². The number of halogens is 3. The maximum atomic E-state index is 14.0. The molecule has 0 aliphatic carbocycles. The van der Waals surface area contributed by atoms with Crippen LogP contribution in [0.1, 0.15) is 22.1 Å². The summed E-state index contributed by atoms with van der Waals surface area (Å²) in [7, 11) is 1.49. The molecule has 0 spiro atoms. The summed E-state index contributed by atoms with van der Waals surface area (Å²) in [6, 6.07) is 10.1. The summed E-state index contributed by atoms with van der Waals surface area (Å²) in [5, 5.41) is -0.0887. The number of hydrogen-bond acceptors (Lipinski definition) is 1. The Balaban J connectivity index is 2.41. The van der Waals surface area contributed by atoms with Crippen molar-refractivity contribution in [3.63, 3.8) is 0 Å². The zero-order valence-electron chi connectivity index (χ0n) is 10.6. The topological polar surface area (TPSA) is 9.23 Å². The molecule has 2 rings (SSSR count). The lowest BCUT2D eigenvalue weighted by atomic mass is 10.0. The van der Waals surface area contributed by atoms with Crippen LogP contribution in [0, 0.1) is 12.7 Å². The normalized spacial score (nSPS) is 12.3. The van der Waals surface area contributed by atoms with Gasteiger partial charge in [0.15, 0.2) is 0 Å². The molecule has 0 amide bonds. The van der Waals surface area contributed by atoms with E-state index in [1.54, 1.807) is 12.1 Å². The summed E-state index contributed by atoms with van der Waals surface area (Å²) < 4.78 is 18.9. The van der Waals surface area contributed by atoms with E-state index in [-0.39, 0.29) is 0 Å². The molecule has 19 heavy (non-hydrogen) atoms. The van der Waals surface area contributed by atoms with E-state index in [4.69, 9.17) is 27.9 Å². The van der Waals surface area contributed by atoms with Gasteiger partial charge < -0.3 is 4.74 Å². The van der Waals surface area contributed by atoms with Gasteiger partial charge in [0.1, 0.15) is 11.6 Å². The number of hydrogen-bond donors (Lipinski definition) is 0. The number of alkyl halides is 1. The largest absolute Gasteiger partial charge is 0.497 e. The summed E-state index contributed by atoms with van der Waals surface area (Å²) in [4.78, 5) is 0. The molecule has 0 fully saturated rings. The Labute approximate surface area is 121 Å². The number of benzene rings is 2. The average Bonchev–Trinajstić information content (AvgIpc) is 2.37. The molecule has 1 nitrogen and oxygen atoms in total. The molecule has 0 saturated carbocycles. The molecule has 0 aliphatic heterocycles. The molecule has 100 valence electrons. The van der Waals surface area contributed by atoms with E-state index in [2.05, 4.69) is 0 Å². The highest BCUT2D eigenvalue weighted by molar-refractivity contribution is 6.33. The molecule has 0 aromatic heterocycles. The summed E-state index contributed by atoms with van der Waals surface area (Å²) in [5.74, 6) is 0.0520. The van der Waals surface area contributed by atoms with Crippen LogP contribution >= 0.6 is 23.2 Å². The first kappa shape index (κ1) is 14.2. The zero-order valence-corrected chi connectivity index (χ0v) is 12.1. The average molecular weight is 299 g/mol. The monoisotopic (exact) mass is 298 g/mol. The Morgan fingerprint density at radius 2 is 1.79 bits per heavy atom. The van der Waals surface area contributed by atoms with Crippen LogP contribution in [-0.4, -0.2) is 7.11 Å². The number of ether oxygens (including phenoxy) is 1. The van der Waals surface area contributed by atoms with E-state index in [0.29, 0.717) is 21.9 Å². The molecule has 1 atom stereocenters. The smallest absolute Gasteiger partial charge is 0.131 e. The molecular weight excluding hydrogens is 286 g/mol. The van der Waals surface area contributed by atoms with Crippen molar-refractivity contribution in [2.75, 3.05) is 7.11 Å². The van der Waals surface area contributed by atoms with Crippen LogP contribution in [0.2, 0.25) is 5.02 Å².